The average molecular weight is 326 g/mol. The highest BCUT2D eigenvalue weighted by atomic mass is 16.6. The van der Waals surface area contributed by atoms with Crippen molar-refractivity contribution in [1.82, 2.24) is 0 Å². The van der Waals surface area contributed by atoms with Crippen molar-refractivity contribution >= 4 is 28.3 Å². The Morgan fingerprint density at radius 2 is 2.12 bits per heavy atom. The van der Waals surface area contributed by atoms with E-state index in [2.05, 4.69) is 5.32 Å². The molecule has 0 saturated carbocycles. The summed E-state index contributed by atoms with van der Waals surface area (Å²) < 4.78 is 10.6. The molecular formula is C17H14N2O5. The van der Waals surface area contributed by atoms with Crippen LogP contribution in [0.4, 0.5) is 11.4 Å². The van der Waals surface area contributed by atoms with Gasteiger partial charge in [-0.15, -0.1) is 0 Å². The molecule has 0 radical (unpaired) electrons. The molecule has 0 saturated heterocycles. The largest absolute Gasteiger partial charge is 0.497 e. The first-order valence-electron chi connectivity index (χ1n) is 7.15. The van der Waals surface area contributed by atoms with Crippen molar-refractivity contribution < 1.29 is 18.9 Å². The van der Waals surface area contributed by atoms with Crippen LogP contribution < -0.4 is 10.1 Å². The third kappa shape index (κ3) is 3.19. The lowest BCUT2D eigenvalue weighted by atomic mass is 10.1. The fourth-order valence-electron chi connectivity index (χ4n) is 2.40. The Hall–Kier alpha value is -3.35. The zero-order valence-electron chi connectivity index (χ0n) is 12.8. The maximum Gasteiger partial charge on any atom is 0.271 e. The van der Waals surface area contributed by atoms with Gasteiger partial charge in [0.1, 0.15) is 11.3 Å². The van der Waals surface area contributed by atoms with Crippen molar-refractivity contribution in [2.24, 2.45) is 0 Å². The van der Waals surface area contributed by atoms with E-state index in [9.17, 15) is 14.9 Å². The number of hydrogen-bond donors (Lipinski definition) is 1. The first-order chi connectivity index (χ1) is 11.6. The summed E-state index contributed by atoms with van der Waals surface area (Å²) in [5.74, 6) is 0.380. The van der Waals surface area contributed by atoms with Gasteiger partial charge in [-0.2, -0.15) is 0 Å². The van der Waals surface area contributed by atoms with Crippen LogP contribution in [0.25, 0.3) is 11.0 Å². The van der Waals surface area contributed by atoms with Crippen LogP contribution in [0, 0.1) is 10.1 Å². The summed E-state index contributed by atoms with van der Waals surface area (Å²) in [5.41, 5.74) is 1.67. The maximum absolute atomic E-state index is 12.2. The number of nitro groups is 1. The Morgan fingerprint density at radius 1 is 1.29 bits per heavy atom. The normalized spacial score (nSPS) is 10.5. The van der Waals surface area contributed by atoms with Gasteiger partial charge in [0, 0.05) is 28.8 Å². The molecule has 0 aliphatic rings. The molecule has 7 heteroatoms. The second kappa shape index (κ2) is 6.41. The number of furan rings is 1. The summed E-state index contributed by atoms with van der Waals surface area (Å²) in [5, 5.41) is 14.2. The van der Waals surface area contributed by atoms with Crippen LogP contribution in [-0.4, -0.2) is 17.9 Å². The van der Waals surface area contributed by atoms with E-state index in [4.69, 9.17) is 9.15 Å². The zero-order valence-corrected chi connectivity index (χ0v) is 12.8. The van der Waals surface area contributed by atoms with Crippen LogP contribution in [0.1, 0.15) is 5.56 Å². The molecule has 24 heavy (non-hydrogen) atoms. The minimum Gasteiger partial charge on any atom is -0.497 e. The van der Waals surface area contributed by atoms with Gasteiger partial charge in [-0.25, -0.2) is 0 Å². The predicted octanol–water partition coefficient (Wildman–Crippen LogP) is 3.53. The van der Waals surface area contributed by atoms with Crippen molar-refractivity contribution in [2.45, 2.75) is 6.42 Å². The Labute approximate surface area is 137 Å². The number of fused-ring (bicyclic) bond motifs is 1. The summed E-state index contributed by atoms with van der Waals surface area (Å²) >= 11 is 0. The van der Waals surface area contributed by atoms with Crippen molar-refractivity contribution in [2.75, 3.05) is 12.4 Å². The number of ether oxygens (including phenoxy) is 1. The number of anilines is 1. The van der Waals surface area contributed by atoms with Crippen LogP contribution in [0.3, 0.4) is 0 Å². The van der Waals surface area contributed by atoms with E-state index in [-0.39, 0.29) is 18.0 Å². The van der Waals surface area contributed by atoms with Gasteiger partial charge in [-0.05, 0) is 24.3 Å². The number of carbonyl (C=O) groups excluding carboxylic acids is 1. The lowest BCUT2D eigenvalue weighted by molar-refractivity contribution is -0.384. The van der Waals surface area contributed by atoms with E-state index in [1.165, 1.54) is 24.5 Å². The van der Waals surface area contributed by atoms with Gasteiger partial charge in [-0.1, -0.05) is 6.07 Å². The van der Waals surface area contributed by atoms with Crippen molar-refractivity contribution in [3.63, 3.8) is 0 Å². The predicted molar refractivity (Wildman–Crippen MR) is 88.2 cm³/mol. The first-order valence-corrected chi connectivity index (χ1v) is 7.15. The number of amides is 1. The molecule has 7 nitrogen and oxygen atoms in total. The van der Waals surface area contributed by atoms with Crippen molar-refractivity contribution in [3.05, 3.63) is 64.4 Å². The van der Waals surface area contributed by atoms with Gasteiger partial charge in [0.15, 0.2) is 0 Å². The Kier molecular flexibility index (Phi) is 4.15. The fraction of sp³-hybridized carbons (Fsp3) is 0.118. The summed E-state index contributed by atoms with van der Waals surface area (Å²) in [6, 6.07) is 11.1. The minimum absolute atomic E-state index is 0.0775. The quantitative estimate of drug-likeness (QED) is 0.571. The monoisotopic (exact) mass is 326 g/mol. The lowest BCUT2D eigenvalue weighted by Crippen LogP contribution is -2.14. The number of non-ortho nitro benzene ring substituents is 1. The molecule has 0 fully saturated rings. The van der Waals surface area contributed by atoms with E-state index >= 15 is 0 Å². The topological polar surface area (TPSA) is 94.6 Å². The highest BCUT2D eigenvalue weighted by Gasteiger charge is 2.13. The zero-order chi connectivity index (χ0) is 17.1. The van der Waals surface area contributed by atoms with E-state index in [1.807, 2.05) is 0 Å². The standard InChI is InChI=1S/C17H14N2O5/c1-23-14-5-6-16-15(9-14)11(10-24-16)7-17(20)18-12-3-2-4-13(8-12)19(21)22/h2-6,8-10H,7H2,1H3,(H,18,20). The van der Waals surface area contributed by atoms with E-state index in [0.29, 0.717) is 22.6 Å². The molecule has 0 spiro atoms. The molecule has 0 bridgehead atoms. The smallest absolute Gasteiger partial charge is 0.271 e. The SMILES string of the molecule is COc1ccc2occ(CC(=O)Nc3cccc([N+](=O)[O-])c3)c2c1. The van der Waals surface area contributed by atoms with Gasteiger partial charge in [0.05, 0.1) is 24.7 Å². The number of rotatable bonds is 5. The summed E-state index contributed by atoms with van der Waals surface area (Å²) in [6.45, 7) is 0. The fourth-order valence-corrected chi connectivity index (χ4v) is 2.40. The summed E-state index contributed by atoms with van der Waals surface area (Å²) in [7, 11) is 1.57. The summed E-state index contributed by atoms with van der Waals surface area (Å²) in [4.78, 5) is 22.5. The number of methoxy groups -OCH3 is 1. The minimum atomic E-state index is -0.508. The highest BCUT2D eigenvalue weighted by molar-refractivity contribution is 5.95. The number of nitrogens with zero attached hydrogens (tertiary/aromatic N) is 1. The molecule has 2 aromatic carbocycles. The van der Waals surface area contributed by atoms with Gasteiger partial charge < -0.3 is 14.5 Å². The number of benzene rings is 2. The average Bonchev–Trinajstić information content (AvgIpc) is 2.97. The molecule has 3 aromatic rings. The third-order valence-electron chi connectivity index (χ3n) is 3.55. The van der Waals surface area contributed by atoms with Crippen LogP contribution in [0.15, 0.2) is 53.1 Å². The van der Waals surface area contributed by atoms with E-state index < -0.39 is 4.92 Å². The molecular weight excluding hydrogens is 312 g/mol. The second-order valence-electron chi connectivity index (χ2n) is 5.16. The van der Waals surface area contributed by atoms with E-state index in [1.54, 1.807) is 31.4 Å². The van der Waals surface area contributed by atoms with Crippen LogP contribution >= 0.6 is 0 Å². The maximum atomic E-state index is 12.2. The van der Waals surface area contributed by atoms with Crippen LogP contribution in [-0.2, 0) is 11.2 Å². The lowest BCUT2D eigenvalue weighted by Gasteiger charge is -2.05. The Bertz CT molecular complexity index is 916. The number of hydrogen-bond acceptors (Lipinski definition) is 5. The molecule has 0 aliphatic heterocycles. The molecule has 1 N–H and O–H groups in total. The number of carbonyl (C=O) groups is 1. The van der Waals surface area contributed by atoms with Gasteiger partial charge in [0.25, 0.3) is 5.69 Å². The third-order valence-corrected chi connectivity index (χ3v) is 3.55. The molecule has 0 aliphatic carbocycles. The molecule has 0 atom stereocenters. The van der Waals surface area contributed by atoms with E-state index in [0.717, 1.165) is 5.39 Å². The molecule has 1 aromatic heterocycles. The second-order valence-corrected chi connectivity index (χ2v) is 5.16. The van der Waals surface area contributed by atoms with Crippen molar-refractivity contribution in [1.29, 1.82) is 0 Å². The molecule has 1 heterocycles. The van der Waals surface area contributed by atoms with Gasteiger partial charge in [-0.3, -0.25) is 14.9 Å². The molecule has 122 valence electrons. The van der Waals surface area contributed by atoms with Gasteiger partial charge >= 0.3 is 0 Å². The molecule has 0 unspecified atom stereocenters. The number of nitrogens with one attached hydrogen (secondary N) is 1. The van der Waals surface area contributed by atoms with Crippen molar-refractivity contribution in [3.8, 4) is 5.75 Å². The van der Waals surface area contributed by atoms with Crippen LogP contribution in [0.2, 0.25) is 0 Å². The molecule has 3 rings (SSSR count). The number of nitro benzene ring substituents is 1. The summed E-state index contributed by atoms with van der Waals surface area (Å²) in [6.07, 6.45) is 1.61. The Balaban J connectivity index is 1.78. The van der Waals surface area contributed by atoms with Gasteiger partial charge in [0.2, 0.25) is 5.91 Å². The Morgan fingerprint density at radius 3 is 2.88 bits per heavy atom. The van der Waals surface area contributed by atoms with Crippen LogP contribution in [0.5, 0.6) is 5.75 Å². The first kappa shape index (κ1) is 15.5. The molecule has 1 amide bonds. The highest BCUT2D eigenvalue weighted by Crippen LogP contribution is 2.26.